The van der Waals surface area contributed by atoms with Crippen LogP contribution >= 0.6 is 46.9 Å². The maximum atomic E-state index is 11.4. The van der Waals surface area contributed by atoms with Crippen LogP contribution in [0.25, 0.3) is 0 Å². The number of carboxylic acid groups (broad SMARTS) is 1. The third kappa shape index (κ3) is 18.2. The molecule has 0 bridgehead atoms. The number of phosphoric ester groups is 6. The third-order valence-electron chi connectivity index (χ3n) is 4.80. The number of aliphatic carboxylic acids is 1. The highest BCUT2D eigenvalue weighted by Gasteiger charge is 2.62. The van der Waals surface area contributed by atoms with Crippen LogP contribution in [0.5, 0.6) is 0 Å². The van der Waals surface area contributed by atoms with Crippen molar-refractivity contribution in [2.24, 2.45) is 5.73 Å². The van der Waals surface area contributed by atoms with Gasteiger partial charge in [-0.25, -0.2) is 32.4 Å². The minimum atomic E-state index is -6.02. The Kier molecular flexibility index (Phi) is 15.6. The Bertz CT molecular complexity index is 1240. The maximum absolute atomic E-state index is 11.4. The number of nitrogens with one attached hydrogen (secondary N) is 1. The molecule has 0 saturated heterocycles. The highest BCUT2D eigenvalue weighted by atomic mass is 31.2. The van der Waals surface area contributed by atoms with E-state index in [0.29, 0.717) is 5.69 Å². The first-order chi connectivity index (χ1) is 20.8. The minimum Gasteiger partial charge on any atom is -0.480 e. The summed E-state index contributed by atoms with van der Waals surface area (Å²) in [6.07, 6.45) is -15.5. The number of nitrogens with zero attached hydrogens (tertiary/aromatic N) is 1. The van der Waals surface area contributed by atoms with Crippen molar-refractivity contribution in [3.05, 3.63) is 18.2 Å². The number of nitrogens with two attached hydrogens (primary N) is 1. The van der Waals surface area contributed by atoms with Gasteiger partial charge in [0, 0.05) is 12.6 Å². The first kappa shape index (κ1) is 44.3. The lowest BCUT2D eigenvalue weighted by atomic mass is 9.85. The average Bonchev–Trinajstić information content (AvgIpc) is 3.29. The summed E-state index contributed by atoms with van der Waals surface area (Å²) in [4.78, 5) is 126. The first-order valence-electron chi connectivity index (χ1n) is 11.2. The van der Waals surface area contributed by atoms with Crippen LogP contribution in [-0.2, 0) is 65.7 Å². The molecule has 0 unspecified atom stereocenters. The topological polar surface area (TPSA) is 493 Å². The van der Waals surface area contributed by atoms with Crippen molar-refractivity contribution in [2.45, 2.75) is 49.1 Å². The molecule has 1 aliphatic rings. The van der Waals surface area contributed by atoms with Crippen LogP contribution in [-0.4, -0.2) is 122 Å². The number of rotatable bonds is 15. The van der Waals surface area contributed by atoms with E-state index >= 15 is 0 Å². The van der Waals surface area contributed by atoms with Gasteiger partial charge in [0.25, 0.3) is 0 Å². The fourth-order valence-electron chi connectivity index (χ4n) is 3.51. The number of H-pyrrole nitrogens is 1. The zero-order chi connectivity index (χ0) is 37.0. The molecule has 1 atom stereocenters. The molecule has 1 aromatic heterocycles. The summed E-state index contributed by atoms with van der Waals surface area (Å²) in [7, 11) is -36.1. The predicted octanol–water partition coefficient (Wildman–Crippen LogP) is -3.77. The lowest BCUT2D eigenvalue weighted by Crippen LogP contribution is -2.66. The number of aromatic amines is 1. The van der Waals surface area contributed by atoms with Gasteiger partial charge in [0.2, 0.25) is 0 Å². The Hall–Kier alpha value is -0.700. The quantitative estimate of drug-likeness (QED) is 0.0756. The molecule has 0 radical (unpaired) electrons. The van der Waals surface area contributed by atoms with Crippen molar-refractivity contribution in [1.82, 2.24) is 9.97 Å². The Morgan fingerprint density at radius 2 is 0.851 bits per heavy atom. The predicted molar refractivity (Wildman–Crippen MR) is 139 cm³/mol. The van der Waals surface area contributed by atoms with Crippen LogP contribution in [0.3, 0.4) is 0 Å². The fraction of sp³-hybridized carbons (Fsp3) is 0.667. The van der Waals surface area contributed by atoms with Crippen LogP contribution < -0.4 is 5.73 Å². The summed E-state index contributed by atoms with van der Waals surface area (Å²) >= 11 is 0. The van der Waals surface area contributed by atoms with E-state index in [1.165, 1.54) is 6.33 Å². The normalized spacial score (nSPS) is 25.5. The van der Waals surface area contributed by atoms with Crippen LogP contribution in [0, 0.1) is 0 Å². The van der Waals surface area contributed by atoms with E-state index in [4.69, 9.17) is 69.6 Å². The Morgan fingerprint density at radius 3 is 1.00 bits per heavy atom. The molecular weight excluding hydrogens is 788 g/mol. The summed E-state index contributed by atoms with van der Waals surface area (Å²) in [5.41, 5.74) is 5.92. The first-order valence-corrected chi connectivity index (χ1v) is 20.3. The number of carboxylic acids is 1. The van der Waals surface area contributed by atoms with E-state index < -0.39 is 95.6 Å². The van der Waals surface area contributed by atoms with Gasteiger partial charge in [-0.15, -0.1) is 0 Å². The van der Waals surface area contributed by atoms with E-state index in [9.17, 15) is 32.2 Å². The second kappa shape index (κ2) is 16.5. The van der Waals surface area contributed by atoms with E-state index in [1.54, 1.807) is 6.20 Å². The van der Waals surface area contributed by atoms with Crippen molar-refractivity contribution in [1.29, 1.82) is 0 Å². The minimum absolute atomic E-state index is 0.263. The molecule has 2 rings (SSSR count). The van der Waals surface area contributed by atoms with Crippen LogP contribution in [0.2, 0.25) is 0 Å². The standard InChI is InChI=1S/C6H9N3O2.C6H18O24P6/c7-5(6(10)11)1-4-2-8-3-9-4;7-31(8,9)25-1-2(26-32(10,11)12)4(28-34(16,17)18)6(30-36(22,23)24)5(29-35(19,20)21)3(1)27-33(13,14)15/h2-3,5H,1,7H2,(H,8,9)(H,10,11);1-6H,(H2,7,8,9)(H2,10,11,12)(H2,13,14,15)(H2,16,17,18)(H2,19,20,21)(H2,22,23,24)/t5-;1-,2-,3-,4+,5-,6-/m0./s1. The van der Waals surface area contributed by atoms with Crippen molar-refractivity contribution < 1.29 is 123 Å². The number of hydrogen-bond donors (Lipinski definition) is 15. The monoisotopic (exact) mass is 815 g/mol. The molecule has 0 aromatic carbocycles. The van der Waals surface area contributed by atoms with E-state index in [0.717, 1.165) is 0 Å². The largest absolute Gasteiger partial charge is 0.480 e. The molecule has 1 aliphatic carbocycles. The van der Waals surface area contributed by atoms with Gasteiger partial charge in [-0.05, 0) is 0 Å². The highest BCUT2D eigenvalue weighted by molar-refractivity contribution is 7.47. The summed E-state index contributed by atoms with van der Waals surface area (Å²) < 4.78 is 93.1. The Labute approximate surface area is 259 Å². The molecule has 276 valence electrons. The van der Waals surface area contributed by atoms with Gasteiger partial charge in [-0.3, -0.25) is 31.9 Å². The van der Waals surface area contributed by atoms with Gasteiger partial charge in [0.05, 0.1) is 12.0 Å². The molecule has 35 heteroatoms. The number of aromatic nitrogens is 2. The summed E-state index contributed by atoms with van der Waals surface area (Å²) in [6, 6.07) is -0.863. The van der Waals surface area contributed by atoms with Crippen LogP contribution in [0.15, 0.2) is 12.5 Å². The molecule has 0 aliphatic heterocycles. The Balaban J connectivity index is 0.000000841. The third-order valence-corrected chi connectivity index (χ3v) is 7.91. The van der Waals surface area contributed by atoms with Crippen LogP contribution in [0.1, 0.15) is 5.69 Å². The molecular formula is C12H27N3O26P6. The van der Waals surface area contributed by atoms with Gasteiger partial charge >= 0.3 is 52.9 Å². The lowest BCUT2D eigenvalue weighted by Gasteiger charge is -2.48. The zero-order valence-electron chi connectivity index (χ0n) is 22.2. The van der Waals surface area contributed by atoms with Gasteiger partial charge in [0.1, 0.15) is 42.7 Å². The molecule has 1 saturated carbocycles. The number of hydrogen-bond acceptors (Lipinski definition) is 15. The molecule has 1 heterocycles. The van der Waals surface area contributed by atoms with Gasteiger partial charge in [0.15, 0.2) is 0 Å². The highest BCUT2D eigenvalue weighted by Crippen LogP contribution is 2.57. The molecule has 16 N–H and O–H groups in total. The molecule has 0 amide bonds. The lowest BCUT2D eigenvalue weighted by molar-refractivity contribution is -0.202. The second-order valence-electron chi connectivity index (χ2n) is 8.57. The zero-order valence-corrected chi connectivity index (χ0v) is 27.6. The molecule has 29 nitrogen and oxygen atoms in total. The van der Waals surface area contributed by atoms with E-state index in [2.05, 4.69) is 37.1 Å². The smallest absolute Gasteiger partial charge is 0.470 e. The molecule has 1 aromatic rings. The van der Waals surface area contributed by atoms with Gasteiger partial charge in [-0.2, -0.15) is 0 Å². The summed E-state index contributed by atoms with van der Waals surface area (Å²) in [5.74, 6) is -1.01. The number of carbonyl (C=O) groups is 1. The van der Waals surface area contributed by atoms with Gasteiger partial charge in [-0.1, -0.05) is 0 Å². The van der Waals surface area contributed by atoms with Crippen molar-refractivity contribution in [3.63, 3.8) is 0 Å². The molecule has 0 spiro atoms. The maximum Gasteiger partial charge on any atom is 0.470 e. The van der Waals surface area contributed by atoms with Crippen molar-refractivity contribution in [3.8, 4) is 0 Å². The van der Waals surface area contributed by atoms with Crippen LogP contribution in [0.4, 0.5) is 0 Å². The van der Waals surface area contributed by atoms with Gasteiger partial charge < -0.3 is 74.5 Å². The number of phosphoric acid groups is 6. The molecule has 1 fully saturated rings. The average molecular weight is 815 g/mol. The second-order valence-corrected chi connectivity index (χ2v) is 15.7. The fourth-order valence-corrected chi connectivity index (χ4v) is 6.85. The molecule has 47 heavy (non-hydrogen) atoms. The van der Waals surface area contributed by atoms with E-state index in [-0.39, 0.29) is 6.42 Å². The SMILES string of the molecule is N[C@@H](Cc1c[nH]cn1)C(=O)O.O=P(O)(O)O[C@H]1[C@H](OP(=O)(O)O)[C@@H](OP(=O)(O)O)[C@H](OP(=O)(O)O)[C@@H](OP(=O)(O)O)[C@H]1OP(=O)(O)O. The summed E-state index contributed by atoms with van der Waals surface area (Å²) in [6.45, 7) is 0. The van der Waals surface area contributed by atoms with Crippen molar-refractivity contribution in [2.75, 3.05) is 0 Å². The number of imidazole rings is 1. The Morgan fingerprint density at radius 1 is 0.617 bits per heavy atom. The summed E-state index contributed by atoms with van der Waals surface area (Å²) in [5, 5.41) is 8.42. The van der Waals surface area contributed by atoms with E-state index in [1.807, 2.05) is 0 Å². The van der Waals surface area contributed by atoms with Crippen molar-refractivity contribution >= 4 is 52.9 Å².